The number of likely N-dealkylation sites (tertiary alicyclic amines) is 1. The SMILES string of the molecule is Cc1cc(COC(=O)N2CCC(=O)N3[C@@H]2CN(Cc2ccccc2)C(=O)[C@@H]3CC(=O)NCC2CCN(C)CC2)cc(C(F)(F)F)c1. The molecule has 0 unspecified atom stereocenters. The molecule has 0 bridgehead atoms. The van der Waals surface area contributed by atoms with Gasteiger partial charge in [-0.1, -0.05) is 42.0 Å². The van der Waals surface area contributed by atoms with Crippen LogP contribution in [0.5, 0.6) is 0 Å². The summed E-state index contributed by atoms with van der Waals surface area (Å²) < 4.78 is 45.5. The molecule has 3 aliphatic rings. The number of piperidine rings is 1. The molecule has 2 aromatic carbocycles. The van der Waals surface area contributed by atoms with E-state index < -0.39 is 42.6 Å². The molecule has 3 heterocycles. The van der Waals surface area contributed by atoms with E-state index in [-0.39, 0.29) is 49.9 Å². The van der Waals surface area contributed by atoms with Gasteiger partial charge in [-0.25, -0.2) is 4.79 Å². The van der Waals surface area contributed by atoms with Crippen molar-refractivity contribution in [2.24, 2.45) is 5.92 Å². The van der Waals surface area contributed by atoms with Crippen molar-refractivity contribution in [3.63, 3.8) is 0 Å². The molecule has 0 aromatic heterocycles. The number of amides is 4. The number of hydrogen-bond acceptors (Lipinski definition) is 6. The quantitative estimate of drug-likeness (QED) is 0.470. The molecule has 0 saturated carbocycles. The van der Waals surface area contributed by atoms with E-state index in [9.17, 15) is 32.3 Å². The Kier molecular flexibility index (Phi) is 10.2. The fourth-order valence-corrected chi connectivity index (χ4v) is 6.45. The van der Waals surface area contributed by atoms with Crippen molar-refractivity contribution in [2.45, 2.75) is 64.1 Å². The van der Waals surface area contributed by atoms with Crippen LogP contribution < -0.4 is 5.32 Å². The molecule has 0 radical (unpaired) electrons. The second kappa shape index (κ2) is 14.1. The Morgan fingerprint density at radius 2 is 1.72 bits per heavy atom. The summed E-state index contributed by atoms with van der Waals surface area (Å²) in [6.45, 7) is 3.69. The van der Waals surface area contributed by atoms with Crippen molar-refractivity contribution in [1.29, 1.82) is 0 Å². The van der Waals surface area contributed by atoms with Crippen LogP contribution in [-0.2, 0) is 38.4 Å². The molecular weight excluding hydrogens is 603 g/mol. The van der Waals surface area contributed by atoms with Crippen LogP contribution >= 0.6 is 0 Å². The largest absolute Gasteiger partial charge is 0.444 e. The van der Waals surface area contributed by atoms with Crippen molar-refractivity contribution in [2.75, 3.05) is 39.8 Å². The molecule has 4 amide bonds. The number of nitrogens with zero attached hydrogens (tertiary/aromatic N) is 4. The smallest absolute Gasteiger partial charge is 0.416 e. The first-order chi connectivity index (χ1) is 21.9. The van der Waals surface area contributed by atoms with Gasteiger partial charge in [0.05, 0.1) is 18.5 Å². The lowest BCUT2D eigenvalue weighted by Crippen LogP contribution is -2.71. The Labute approximate surface area is 266 Å². The number of ether oxygens (including phenoxy) is 1. The van der Waals surface area contributed by atoms with E-state index >= 15 is 0 Å². The highest BCUT2D eigenvalue weighted by atomic mass is 19.4. The minimum absolute atomic E-state index is 0.00284. The number of aryl methyl sites for hydroxylation is 1. The Morgan fingerprint density at radius 1 is 1.00 bits per heavy atom. The van der Waals surface area contributed by atoms with Crippen molar-refractivity contribution >= 4 is 23.8 Å². The number of alkyl halides is 3. The molecule has 10 nitrogen and oxygen atoms in total. The molecule has 3 aliphatic heterocycles. The molecular formula is C33H40F3N5O5. The minimum atomic E-state index is -4.55. The van der Waals surface area contributed by atoms with Crippen molar-refractivity contribution in [3.8, 4) is 0 Å². The van der Waals surface area contributed by atoms with E-state index in [1.165, 1.54) is 22.8 Å². The van der Waals surface area contributed by atoms with E-state index in [2.05, 4.69) is 17.3 Å². The second-order valence-corrected chi connectivity index (χ2v) is 12.5. The maximum Gasteiger partial charge on any atom is 0.416 e. The molecule has 46 heavy (non-hydrogen) atoms. The number of carbonyl (C=O) groups excluding carboxylic acids is 4. The highest BCUT2D eigenvalue weighted by Gasteiger charge is 2.49. The Morgan fingerprint density at radius 3 is 2.41 bits per heavy atom. The predicted molar refractivity (Wildman–Crippen MR) is 162 cm³/mol. The van der Waals surface area contributed by atoms with E-state index in [1.807, 2.05) is 30.3 Å². The van der Waals surface area contributed by atoms with E-state index in [4.69, 9.17) is 4.74 Å². The average molecular weight is 644 g/mol. The molecule has 5 rings (SSSR count). The van der Waals surface area contributed by atoms with Gasteiger partial charge in [-0.3, -0.25) is 19.3 Å². The molecule has 248 valence electrons. The Hall–Kier alpha value is -4.13. The lowest BCUT2D eigenvalue weighted by molar-refractivity contribution is -0.169. The van der Waals surface area contributed by atoms with Crippen LogP contribution in [0.15, 0.2) is 48.5 Å². The zero-order valence-electron chi connectivity index (χ0n) is 26.1. The van der Waals surface area contributed by atoms with Gasteiger partial charge in [-0.15, -0.1) is 0 Å². The summed E-state index contributed by atoms with van der Waals surface area (Å²) in [5, 5.41) is 2.95. The summed E-state index contributed by atoms with van der Waals surface area (Å²) in [6, 6.07) is 11.6. The predicted octanol–water partition coefficient (Wildman–Crippen LogP) is 3.77. The number of piperazine rings is 1. The molecule has 3 fully saturated rings. The monoisotopic (exact) mass is 643 g/mol. The highest BCUT2D eigenvalue weighted by molar-refractivity contribution is 5.94. The number of rotatable bonds is 8. The molecule has 0 spiro atoms. The molecule has 2 aromatic rings. The number of fused-ring (bicyclic) bond motifs is 1. The zero-order valence-corrected chi connectivity index (χ0v) is 26.1. The van der Waals surface area contributed by atoms with E-state index in [1.54, 1.807) is 4.90 Å². The highest BCUT2D eigenvalue weighted by Crippen LogP contribution is 2.32. The van der Waals surface area contributed by atoms with Gasteiger partial charge in [-0.2, -0.15) is 13.2 Å². The third-order valence-corrected chi connectivity index (χ3v) is 8.93. The number of nitrogens with one attached hydrogen (secondary N) is 1. The van der Waals surface area contributed by atoms with Crippen LogP contribution in [0.1, 0.15) is 47.9 Å². The number of halogens is 3. The maximum atomic E-state index is 13.9. The van der Waals surface area contributed by atoms with E-state index in [0.29, 0.717) is 18.0 Å². The lowest BCUT2D eigenvalue weighted by Gasteiger charge is -2.51. The first kappa shape index (κ1) is 33.2. The molecule has 1 N–H and O–H groups in total. The van der Waals surface area contributed by atoms with Gasteiger partial charge in [0.2, 0.25) is 17.7 Å². The van der Waals surface area contributed by atoms with Crippen molar-refractivity contribution in [3.05, 3.63) is 70.8 Å². The van der Waals surface area contributed by atoms with Crippen LogP contribution in [-0.4, -0.2) is 95.4 Å². The number of hydrogen-bond donors (Lipinski definition) is 1. The van der Waals surface area contributed by atoms with Gasteiger partial charge in [0.1, 0.15) is 18.8 Å². The van der Waals surface area contributed by atoms with Gasteiger partial charge in [0, 0.05) is 26.1 Å². The molecule has 2 atom stereocenters. The number of carbonyl (C=O) groups is 4. The van der Waals surface area contributed by atoms with Gasteiger partial charge >= 0.3 is 12.3 Å². The second-order valence-electron chi connectivity index (χ2n) is 12.5. The standard InChI is InChI=1S/C33H40F3N5O5/c1-22-14-25(16-26(15-22)33(34,35)36)21-46-32(45)40-13-10-30(43)41-27(17-28(42)37-18-23-8-11-38(2)12-9-23)31(44)39(20-29(40)41)19-24-6-4-3-5-7-24/h3-7,14-16,23,27,29H,8-13,17-21H2,1-2H3,(H,37,42)/t27-,29+/m0/s1. The Bertz CT molecular complexity index is 1430. The summed E-state index contributed by atoms with van der Waals surface area (Å²) in [5.41, 5.74) is 0.544. The first-order valence-electron chi connectivity index (χ1n) is 15.6. The minimum Gasteiger partial charge on any atom is -0.444 e. The molecule has 0 aliphatic carbocycles. The lowest BCUT2D eigenvalue weighted by atomic mass is 9.96. The fourth-order valence-electron chi connectivity index (χ4n) is 6.45. The van der Waals surface area contributed by atoms with Gasteiger partial charge in [0.15, 0.2) is 0 Å². The van der Waals surface area contributed by atoms with E-state index in [0.717, 1.165) is 43.6 Å². The Balaban J connectivity index is 1.33. The number of benzene rings is 2. The normalized spacial score (nSPS) is 21.3. The molecule has 3 saturated heterocycles. The van der Waals surface area contributed by atoms with Gasteiger partial charge in [0.25, 0.3) is 0 Å². The van der Waals surface area contributed by atoms with Gasteiger partial charge in [-0.05, 0) is 69.1 Å². The zero-order chi connectivity index (χ0) is 33.0. The van der Waals surface area contributed by atoms with Crippen molar-refractivity contribution in [1.82, 2.24) is 24.9 Å². The van der Waals surface area contributed by atoms with Crippen LogP contribution in [0.2, 0.25) is 0 Å². The summed E-state index contributed by atoms with van der Waals surface area (Å²) >= 11 is 0. The average Bonchev–Trinajstić information content (AvgIpc) is 3.01. The first-order valence-corrected chi connectivity index (χ1v) is 15.6. The van der Waals surface area contributed by atoms with Crippen LogP contribution in [0.4, 0.5) is 18.0 Å². The van der Waals surface area contributed by atoms with Crippen LogP contribution in [0, 0.1) is 12.8 Å². The van der Waals surface area contributed by atoms with Gasteiger partial charge < -0.3 is 24.8 Å². The van der Waals surface area contributed by atoms with Crippen molar-refractivity contribution < 1.29 is 37.1 Å². The van der Waals surface area contributed by atoms with Crippen LogP contribution in [0.25, 0.3) is 0 Å². The molecule has 13 heteroatoms. The summed E-state index contributed by atoms with van der Waals surface area (Å²) in [6.07, 6.45) is -4.73. The summed E-state index contributed by atoms with van der Waals surface area (Å²) in [5.74, 6) is -0.780. The maximum absolute atomic E-state index is 13.9. The topological polar surface area (TPSA) is 102 Å². The third-order valence-electron chi connectivity index (χ3n) is 8.93. The third kappa shape index (κ3) is 7.98. The summed E-state index contributed by atoms with van der Waals surface area (Å²) in [7, 11) is 2.06. The fraction of sp³-hybridized carbons (Fsp3) is 0.515. The van der Waals surface area contributed by atoms with Crippen LogP contribution in [0.3, 0.4) is 0 Å². The summed E-state index contributed by atoms with van der Waals surface area (Å²) in [4.78, 5) is 60.2.